The first-order valence-corrected chi connectivity index (χ1v) is 5.55. The Morgan fingerprint density at radius 3 is 3.00 bits per heavy atom. The molecule has 1 aliphatic rings. The van der Waals surface area contributed by atoms with Crippen molar-refractivity contribution in [2.45, 2.75) is 5.37 Å². The molecule has 6 heteroatoms. The average Bonchev–Trinajstić information content (AvgIpc) is 2.71. The predicted molar refractivity (Wildman–Crippen MR) is 58.0 cm³/mol. The third kappa shape index (κ3) is 2.05. The van der Waals surface area contributed by atoms with Crippen molar-refractivity contribution in [3.8, 4) is 5.75 Å². The molecule has 1 aliphatic heterocycles. The largest absolute Gasteiger partial charge is 0.508 e. The molecule has 2 rings (SSSR count). The molecule has 80 valence electrons. The minimum atomic E-state index is -0.456. The van der Waals surface area contributed by atoms with Gasteiger partial charge in [0.05, 0.1) is 10.3 Å². The highest BCUT2D eigenvalue weighted by atomic mass is 32.2. The maximum absolute atomic E-state index is 10.6. The fourth-order valence-electron chi connectivity index (χ4n) is 1.49. The molecule has 1 atom stereocenters. The Morgan fingerprint density at radius 1 is 1.60 bits per heavy atom. The van der Waals surface area contributed by atoms with Crippen LogP contribution in [0.1, 0.15) is 10.9 Å². The van der Waals surface area contributed by atoms with E-state index in [0.29, 0.717) is 5.56 Å². The molecular weight excluding hydrogens is 216 g/mol. The predicted octanol–water partition coefficient (Wildman–Crippen LogP) is 1.64. The van der Waals surface area contributed by atoms with Crippen molar-refractivity contribution in [2.75, 3.05) is 12.3 Å². The lowest BCUT2D eigenvalue weighted by atomic mass is 10.1. The van der Waals surface area contributed by atoms with Gasteiger partial charge < -0.3 is 10.4 Å². The Balaban J connectivity index is 2.35. The minimum absolute atomic E-state index is 0.0112. The first kappa shape index (κ1) is 10.3. The van der Waals surface area contributed by atoms with Crippen LogP contribution in [0.15, 0.2) is 18.2 Å². The van der Waals surface area contributed by atoms with Gasteiger partial charge in [-0.05, 0) is 6.07 Å². The van der Waals surface area contributed by atoms with Crippen LogP contribution in [0.3, 0.4) is 0 Å². The second-order valence-electron chi connectivity index (χ2n) is 3.21. The fourth-order valence-corrected chi connectivity index (χ4v) is 2.57. The van der Waals surface area contributed by atoms with E-state index in [9.17, 15) is 15.2 Å². The molecule has 5 nitrogen and oxygen atoms in total. The molecule has 0 spiro atoms. The molecule has 0 amide bonds. The average molecular weight is 226 g/mol. The number of rotatable bonds is 2. The summed E-state index contributed by atoms with van der Waals surface area (Å²) < 4.78 is 0. The van der Waals surface area contributed by atoms with Crippen molar-refractivity contribution >= 4 is 17.4 Å². The van der Waals surface area contributed by atoms with E-state index in [0.717, 1.165) is 12.3 Å². The standard InChI is InChI=1S/C9H10N2O3S/c12-8-2-1-6(11(13)14)5-7(8)9-10-3-4-15-9/h1-2,5,9-10,12H,3-4H2. The van der Waals surface area contributed by atoms with E-state index in [1.54, 1.807) is 11.8 Å². The van der Waals surface area contributed by atoms with E-state index in [-0.39, 0.29) is 16.8 Å². The van der Waals surface area contributed by atoms with Crippen molar-refractivity contribution in [2.24, 2.45) is 0 Å². The van der Waals surface area contributed by atoms with Gasteiger partial charge >= 0.3 is 0 Å². The van der Waals surface area contributed by atoms with Crippen LogP contribution in [0.5, 0.6) is 5.75 Å². The molecule has 0 aromatic heterocycles. The number of phenolic OH excluding ortho intramolecular Hbond substituents is 1. The molecule has 1 heterocycles. The molecule has 1 unspecified atom stereocenters. The Kier molecular flexibility index (Phi) is 2.79. The Hall–Kier alpha value is -1.27. The van der Waals surface area contributed by atoms with Crippen molar-refractivity contribution < 1.29 is 10.0 Å². The van der Waals surface area contributed by atoms with Gasteiger partial charge in [-0.2, -0.15) is 0 Å². The number of hydrogen-bond donors (Lipinski definition) is 2. The third-order valence-electron chi connectivity index (χ3n) is 2.22. The Morgan fingerprint density at radius 2 is 2.40 bits per heavy atom. The number of benzene rings is 1. The van der Waals surface area contributed by atoms with E-state index in [4.69, 9.17) is 0 Å². The lowest BCUT2D eigenvalue weighted by Crippen LogP contribution is -2.12. The van der Waals surface area contributed by atoms with Gasteiger partial charge in [0, 0.05) is 30.0 Å². The topological polar surface area (TPSA) is 75.4 Å². The van der Waals surface area contributed by atoms with Crippen LogP contribution in [0.2, 0.25) is 0 Å². The third-order valence-corrected chi connectivity index (χ3v) is 3.41. The van der Waals surface area contributed by atoms with Gasteiger partial charge in [-0.25, -0.2) is 0 Å². The second-order valence-corrected chi connectivity index (χ2v) is 4.42. The molecule has 1 aromatic carbocycles. The van der Waals surface area contributed by atoms with E-state index in [2.05, 4.69) is 5.32 Å². The van der Waals surface area contributed by atoms with Crippen molar-refractivity contribution in [1.82, 2.24) is 5.32 Å². The highest BCUT2D eigenvalue weighted by molar-refractivity contribution is 7.99. The second kappa shape index (κ2) is 4.08. The quantitative estimate of drug-likeness (QED) is 0.592. The number of nitrogens with zero attached hydrogens (tertiary/aromatic N) is 1. The Bertz CT molecular complexity index is 391. The summed E-state index contributed by atoms with van der Waals surface area (Å²) in [4.78, 5) is 10.1. The first-order valence-electron chi connectivity index (χ1n) is 4.51. The molecule has 0 saturated carbocycles. The summed E-state index contributed by atoms with van der Waals surface area (Å²) in [6, 6.07) is 4.10. The fraction of sp³-hybridized carbons (Fsp3) is 0.333. The van der Waals surface area contributed by atoms with Crippen LogP contribution in [0.25, 0.3) is 0 Å². The van der Waals surface area contributed by atoms with Crippen LogP contribution in [-0.2, 0) is 0 Å². The zero-order chi connectivity index (χ0) is 10.8. The van der Waals surface area contributed by atoms with Crippen LogP contribution in [0, 0.1) is 10.1 Å². The zero-order valence-electron chi connectivity index (χ0n) is 7.84. The summed E-state index contributed by atoms with van der Waals surface area (Å²) in [6.45, 7) is 0.859. The summed E-state index contributed by atoms with van der Waals surface area (Å²) in [5.74, 6) is 1.06. The van der Waals surface area contributed by atoms with Crippen molar-refractivity contribution in [3.05, 3.63) is 33.9 Å². The van der Waals surface area contributed by atoms with E-state index >= 15 is 0 Å². The highest BCUT2D eigenvalue weighted by Gasteiger charge is 2.22. The van der Waals surface area contributed by atoms with Gasteiger partial charge in [-0.15, -0.1) is 11.8 Å². The smallest absolute Gasteiger partial charge is 0.270 e. The normalized spacial score (nSPS) is 20.4. The number of hydrogen-bond acceptors (Lipinski definition) is 5. The number of phenols is 1. The molecule has 0 aliphatic carbocycles. The summed E-state index contributed by atoms with van der Waals surface area (Å²) in [6.07, 6.45) is 0. The van der Waals surface area contributed by atoms with Gasteiger partial charge in [0.15, 0.2) is 0 Å². The molecule has 15 heavy (non-hydrogen) atoms. The lowest BCUT2D eigenvalue weighted by molar-refractivity contribution is -0.384. The molecule has 1 aromatic rings. The summed E-state index contributed by atoms with van der Waals surface area (Å²) in [5, 5.41) is 23.3. The maximum Gasteiger partial charge on any atom is 0.270 e. The van der Waals surface area contributed by atoms with E-state index in [1.807, 2.05) is 0 Å². The Labute approximate surface area is 90.6 Å². The van der Waals surface area contributed by atoms with Crippen LogP contribution >= 0.6 is 11.8 Å². The highest BCUT2D eigenvalue weighted by Crippen LogP contribution is 2.36. The molecule has 2 N–H and O–H groups in total. The lowest BCUT2D eigenvalue weighted by Gasteiger charge is -2.11. The van der Waals surface area contributed by atoms with Gasteiger partial charge in [0.25, 0.3) is 5.69 Å². The van der Waals surface area contributed by atoms with Gasteiger partial charge in [0.2, 0.25) is 0 Å². The maximum atomic E-state index is 10.6. The number of aromatic hydroxyl groups is 1. The number of non-ortho nitro benzene ring substituents is 1. The van der Waals surface area contributed by atoms with Gasteiger partial charge in [-0.3, -0.25) is 10.1 Å². The zero-order valence-corrected chi connectivity index (χ0v) is 8.66. The molecule has 1 fully saturated rings. The molecule has 0 radical (unpaired) electrons. The monoisotopic (exact) mass is 226 g/mol. The number of nitrogens with one attached hydrogen (secondary N) is 1. The summed E-state index contributed by atoms with van der Waals surface area (Å²) in [5.41, 5.74) is 0.601. The van der Waals surface area contributed by atoms with E-state index < -0.39 is 4.92 Å². The van der Waals surface area contributed by atoms with Crippen LogP contribution < -0.4 is 5.32 Å². The number of nitro benzene ring substituents is 1. The number of thioether (sulfide) groups is 1. The molecule has 0 bridgehead atoms. The summed E-state index contributed by atoms with van der Waals surface area (Å²) >= 11 is 1.64. The van der Waals surface area contributed by atoms with E-state index in [1.165, 1.54) is 18.2 Å². The van der Waals surface area contributed by atoms with Gasteiger partial charge in [0.1, 0.15) is 5.75 Å². The van der Waals surface area contributed by atoms with Crippen molar-refractivity contribution in [1.29, 1.82) is 0 Å². The summed E-state index contributed by atoms with van der Waals surface area (Å²) in [7, 11) is 0. The molecular formula is C9H10N2O3S. The molecule has 1 saturated heterocycles. The van der Waals surface area contributed by atoms with Crippen molar-refractivity contribution in [3.63, 3.8) is 0 Å². The first-order chi connectivity index (χ1) is 7.18. The van der Waals surface area contributed by atoms with Gasteiger partial charge in [-0.1, -0.05) is 0 Å². The van der Waals surface area contributed by atoms with Crippen LogP contribution in [0.4, 0.5) is 5.69 Å². The SMILES string of the molecule is O=[N+]([O-])c1ccc(O)c(C2NCCS2)c1. The number of nitro groups is 1. The minimum Gasteiger partial charge on any atom is -0.508 e. The van der Waals surface area contributed by atoms with Crippen LogP contribution in [-0.4, -0.2) is 22.3 Å².